The van der Waals surface area contributed by atoms with Gasteiger partial charge in [-0.2, -0.15) is 0 Å². The topological polar surface area (TPSA) is 68.5 Å². The van der Waals surface area contributed by atoms with Crippen LogP contribution in [0.3, 0.4) is 0 Å². The van der Waals surface area contributed by atoms with Gasteiger partial charge in [0.1, 0.15) is 11.9 Å². The van der Waals surface area contributed by atoms with E-state index in [4.69, 9.17) is 10.5 Å². The van der Waals surface area contributed by atoms with Crippen molar-refractivity contribution in [2.75, 3.05) is 18.8 Å². The molecule has 134 valence electrons. The number of benzene rings is 1. The van der Waals surface area contributed by atoms with Gasteiger partial charge in [0.05, 0.1) is 17.4 Å². The van der Waals surface area contributed by atoms with Crippen LogP contribution in [0.4, 0.5) is 5.69 Å². The first kappa shape index (κ1) is 17.5. The number of rotatable bonds is 2. The molecule has 2 aromatic rings. The number of hydrogen-bond acceptors (Lipinski definition) is 4. The summed E-state index contributed by atoms with van der Waals surface area (Å²) < 4.78 is 6.27. The highest BCUT2D eigenvalue weighted by atomic mass is 16.5. The monoisotopic (exact) mass is 341 g/mol. The number of nitrogens with zero attached hydrogens (tertiary/aromatic N) is 2. The predicted octanol–water partition coefficient (Wildman–Crippen LogP) is 3.54. The Hall–Kier alpha value is -2.30. The highest BCUT2D eigenvalue weighted by Gasteiger charge is 2.31. The van der Waals surface area contributed by atoms with E-state index in [-0.39, 0.29) is 17.4 Å². The average Bonchev–Trinajstić information content (AvgIpc) is 2.53. The van der Waals surface area contributed by atoms with Gasteiger partial charge < -0.3 is 15.4 Å². The molecule has 25 heavy (non-hydrogen) atoms. The molecule has 0 bridgehead atoms. The van der Waals surface area contributed by atoms with Crippen molar-refractivity contribution in [2.24, 2.45) is 5.41 Å². The molecule has 1 aliphatic rings. The van der Waals surface area contributed by atoms with Gasteiger partial charge in [-0.15, -0.1) is 0 Å². The Morgan fingerprint density at radius 3 is 2.84 bits per heavy atom. The molecule has 1 fully saturated rings. The van der Waals surface area contributed by atoms with E-state index in [1.54, 1.807) is 0 Å². The van der Waals surface area contributed by atoms with E-state index >= 15 is 0 Å². The van der Waals surface area contributed by atoms with Gasteiger partial charge in [0.2, 0.25) is 5.91 Å². The number of hydrogen-bond donors (Lipinski definition) is 1. The Kier molecular flexibility index (Phi) is 4.58. The first-order valence-corrected chi connectivity index (χ1v) is 8.87. The number of likely N-dealkylation sites (tertiary alicyclic amines) is 1. The molecule has 1 aromatic heterocycles. The lowest BCUT2D eigenvalue weighted by Gasteiger charge is -2.36. The molecule has 5 heteroatoms. The van der Waals surface area contributed by atoms with Gasteiger partial charge in [-0.3, -0.25) is 9.78 Å². The summed E-state index contributed by atoms with van der Waals surface area (Å²) in [6.07, 6.45) is 1.86. The molecule has 2 heterocycles. The molecule has 1 atom stereocenters. The molecule has 0 spiro atoms. The molecule has 0 aliphatic carbocycles. The third-order valence-electron chi connectivity index (χ3n) is 4.55. The van der Waals surface area contributed by atoms with Crippen LogP contribution in [0.15, 0.2) is 24.3 Å². The van der Waals surface area contributed by atoms with Crippen LogP contribution in [-0.2, 0) is 4.79 Å². The smallest absolute Gasteiger partial charge is 0.228 e. The van der Waals surface area contributed by atoms with Gasteiger partial charge in [-0.25, -0.2) is 0 Å². The lowest BCUT2D eigenvalue weighted by atomic mass is 9.93. The molecular formula is C20H27N3O2. The van der Waals surface area contributed by atoms with Crippen LogP contribution in [0.2, 0.25) is 0 Å². The number of carbonyl (C=O) groups is 1. The van der Waals surface area contributed by atoms with Gasteiger partial charge in [0.15, 0.2) is 0 Å². The van der Waals surface area contributed by atoms with E-state index in [0.717, 1.165) is 41.7 Å². The molecule has 1 unspecified atom stereocenters. The van der Waals surface area contributed by atoms with Crippen molar-refractivity contribution >= 4 is 22.5 Å². The van der Waals surface area contributed by atoms with E-state index in [0.29, 0.717) is 12.2 Å². The van der Waals surface area contributed by atoms with Crippen LogP contribution in [0.5, 0.6) is 5.75 Å². The van der Waals surface area contributed by atoms with E-state index in [1.165, 1.54) is 0 Å². The van der Waals surface area contributed by atoms with Crippen molar-refractivity contribution in [2.45, 2.75) is 46.6 Å². The highest BCUT2D eigenvalue weighted by Crippen LogP contribution is 2.32. The fraction of sp³-hybridized carbons (Fsp3) is 0.500. The van der Waals surface area contributed by atoms with Crippen LogP contribution in [-0.4, -0.2) is 35.0 Å². The van der Waals surface area contributed by atoms with E-state index in [2.05, 4.69) is 4.98 Å². The number of anilines is 1. The summed E-state index contributed by atoms with van der Waals surface area (Å²) in [6, 6.07) is 7.68. The number of piperidine rings is 1. The van der Waals surface area contributed by atoms with Crippen LogP contribution in [0.1, 0.15) is 39.3 Å². The third-order valence-corrected chi connectivity index (χ3v) is 4.55. The summed E-state index contributed by atoms with van der Waals surface area (Å²) in [4.78, 5) is 19.0. The number of ether oxygens (including phenoxy) is 1. The minimum absolute atomic E-state index is 0.0219. The van der Waals surface area contributed by atoms with Crippen molar-refractivity contribution < 1.29 is 9.53 Å². The van der Waals surface area contributed by atoms with Crippen molar-refractivity contribution in [1.29, 1.82) is 0 Å². The molecule has 1 saturated heterocycles. The molecule has 1 aliphatic heterocycles. The van der Waals surface area contributed by atoms with Crippen molar-refractivity contribution in [3.63, 3.8) is 0 Å². The van der Waals surface area contributed by atoms with Gasteiger partial charge >= 0.3 is 0 Å². The van der Waals surface area contributed by atoms with E-state index in [1.807, 2.05) is 56.9 Å². The number of aromatic nitrogens is 1. The van der Waals surface area contributed by atoms with E-state index in [9.17, 15) is 4.79 Å². The summed E-state index contributed by atoms with van der Waals surface area (Å²) in [7, 11) is 0. The van der Waals surface area contributed by atoms with Crippen LogP contribution in [0, 0.1) is 12.3 Å². The second-order valence-corrected chi connectivity index (χ2v) is 7.89. The Morgan fingerprint density at radius 2 is 2.12 bits per heavy atom. The molecule has 3 rings (SSSR count). The zero-order chi connectivity index (χ0) is 18.2. The lowest BCUT2D eigenvalue weighted by molar-refractivity contribution is -0.142. The summed E-state index contributed by atoms with van der Waals surface area (Å²) in [5.41, 5.74) is 8.25. The van der Waals surface area contributed by atoms with E-state index < -0.39 is 0 Å². The SMILES string of the molecule is Cc1cc(N)c2c(OC3CCCN(C(=O)C(C)(C)C)C3)cccc2n1. The number of amides is 1. The Balaban J connectivity index is 1.83. The minimum Gasteiger partial charge on any atom is -0.488 e. The first-order valence-electron chi connectivity index (χ1n) is 8.87. The number of pyridine rings is 1. The van der Waals surface area contributed by atoms with Gasteiger partial charge in [-0.05, 0) is 38.0 Å². The number of nitrogen functional groups attached to an aromatic ring is 1. The molecule has 5 nitrogen and oxygen atoms in total. The third kappa shape index (κ3) is 3.70. The van der Waals surface area contributed by atoms with Crippen LogP contribution in [0.25, 0.3) is 10.9 Å². The van der Waals surface area contributed by atoms with Gasteiger partial charge in [-0.1, -0.05) is 26.8 Å². The zero-order valence-corrected chi connectivity index (χ0v) is 15.5. The van der Waals surface area contributed by atoms with Crippen molar-refractivity contribution in [1.82, 2.24) is 9.88 Å². The second-order valence-electron chi connectivity index (χ2n) is 7.89. The molecule has 2 N–H and O–H groups in total. The average molecular weight is 341 g/mol. The Morgan fingerprint density at radius 1 is 1.36 bits per heavy atom. The summed E-state index contributed by atoms with van der Waals surface area (Å²) in [5.74, 6) is 0.924. The molecule has 1 amide bonds. The normalized spacial score (nSPS) is 18.4. The van der Waals surface area contributed by atoms with Crippen LogP contribution < -0.4 is 10.5 Å². The zero-order valence-electron chi connectivity index (χ0n) is 15.5. The standard InChI is InChI=1S/C20H27N3O2/c1-13-11-15(21)18-16(22-13)8-5-9-17(18)25-14-7-6-10-23(12-14)19(24)20(2,3)4/h5,8-9,11,14H,6-7,10,12H2,1-4H3,(H2,21,22). The van der Waals surface area contributed by atoms with Gasteiger partial charge in [0.25, 0.3) is 0 Å². The number of fused-ring (bicyclic) bond motifs is 1. The Bertz CT molecular complexity index is 795. The molecule has 0 radical (unpaired) electrons. The highest BCUT2D eigenvalue weighted by molar-refractivity contribution is 5.95. The quantitative estimate of drug-likeness (QED) is 0.907. The van der Waals surface area contributed by atoms with Crippen molar-refractivity contribution in [3.8, 4) is 5.75 Å². The maximum atomic E-state index is 12.6. The maximum Gasteiger partial charge on any atom is 0.228 e. The number of nitrogens with two attached hydrogens (primary N) is 1. The van der Waals surface area contributed by atoms with Gasteiger partial charge in [0, 0.05) is 23.3 Å². The first-order chi connectivity index (χ1) is 11.8. The summed E-state index contributed by atoms with van der Waals surface area (Å²) in [5, 5.41) is 0.854. The Labute approximate surface area is 149 Å². The molecule has 1 aromatic carbocycles. The number of aryl methyl sites for hydroxylation is 1. The minimum atomic E-state index is -0.368. The lowest BCUT2D eigenvalue weighted by Crippen LogP contribution is -2.48. The molecule has 0 saturated carbocycles. The van der Waals surface area contributed by atoms with Crippen molar-refractivity contribution in [3.05, 3.63) is 30.0 Å². The predicted molar refractivity (Wildman–Crippen MR) is 101 cm³/mol. The summed E-state index contributed by atoms with van der Waals surface area (Å²) in [6.45, 7) is 9.22. The molecular weight excluding hydrogens is 314 g/mol. The number of carbonyl (C=O) groups excluding carboxylic acids is 1. The largest absolute Gasteiger partial charge is 0.488 e. The maximum absolute atomic E-state index is 12.6. The fourth-order valence-corrected chi connectivity index (χ4v) is 3.39. The van der Waals surface area contributed by atoms with Crippen LogP contribution >= 0.6 is 0 Å². The summed E-state index contributed by atoms with van der Waals surface area (Å²) >= 11 is 0. The fourth-order valence-electron chi connectivity index (χ4n) is 3.39. The second kappa shape index (κ2) is 6.54.